The summed E-state index contributed by atoms with van der Waals surface area (Å²) in [5.41, 5.74) is 1.26. The molecule has 0 amide bonds. The zero-order chi connectivity index (χ0) is 14.4. The molecule has 1 aromatic rings. The second-order valence-electron chi connectivity index (χ2n) is 6.11. The van der Waals surface area contributed by atoms with Gasteiger partial charge in [0.05, 0.1) is 0 Å². The lowest BCUT2D eigenvalue weighted by atomic mass is 9.85. The van der Waals surface area contributed by atoms with Crippen molar-refractivity contribution in [3.63, 3.8) is 0 Å². The summed E-state index contributed by atoms with van der Waals surface area (Å²) in [6.45, 7) is 12.4. The van der Waals surface area contributed by atoms with E-state index in [-0.39, 0.29) is 0 Å². The molecule has 0 saturated carbocycles. The van der Waals surface area contributed by atoms with E-state index in [4.69, 9.17) is 0 Å². The van der Waals surface area contributed by atoms with E-state index >= 15 is 0 Å². The lowest BCUT2D eigenvalue weighted by Crippen LogP contribution is -2.32. The summed E-state index contributed by atoms with van der Waals surface area (Å²) in [5, 5.41) is 13.0. The Labute approximate surface area is 118 Å². The van der Waals surface area contributed by atoms with Gasteiger partial charge in [-0.25, -0.2) is 0 Å². The van der Waals surface area contributed by atoms with Crippen LogP contribution in [0.1, 0.15) is 52.6 Å². The van der Waals surface area contributed by atoms with E-state index in [9.17, 15) is 5.11 Å². The van der Waals surface area contributed by atoms with E-state index < -0.39 is 0 Å². The quantitative estimate of drug-likeness (QED) is 0.766. The van der Waals surface area contributed by atoms with Crippen LogP contribution in [0.15, 0.2) is 24.3 Å². The number of aromatic hydroxyl groups is 1. The van der Waals surface area contributed by atoms with Crippen LogP contribution >= 0.6 is 0 Å². The molecule has 1 atom stereocenters. The molecule has 0 spiro atoms. The van der Waals surface area contributed by atoms with Gasteiger partial charge >= 0.3 is 0 Å². The van der Waals surface area contributed by atoms with Crippen LogP contribution in [0.4, 0.5) is 0 Å². The Balaban J connectivity index is 2.64. The van der Waals surface area contributed by atoms with Crippen LogP contribution in [-0.2, 0) is 0 Å². The summed E-state index contributed by atoms with van der Waals surface area (Å²) in [7, 11) is 0. The van der Waals surface area contributed by atoms with Crippen molar-refractivity contribution in [2.75, 3.05) is 6.54 Å². The van der Waals surface area contributed by atoms with Crippen LogP contribution in [0.25, 0.3) is 0 Å². The number of benzene rings is 1. The third kappa shape index (κ3) is 4.87. The van der Waals surface area contributed by atoms with Gasteiger partial charge in [-0.3, -0.25) is 0 Å². The van der Waals surface area contributed by atoms with Crippen molar-refractivity contribution in [2.45, 2.75) is 47.1 Å². The SMILES string of the molecule is CCC(NCC(C(C)C)C(C)C)c1ccc(O)cc1. The summed E-state index contributed by atoms with van der Waals surface area (Å²) in [4.78, 5) is 0. The highest BCUT2D eigenvalue weighted by Crippen LogP contribution is 2.23. The van der Waals surface area contributed by atoms with Gasteiger partial charge in [0.25, 0.3) is 0 Å². The van der Waals surface area contributed by atoms with Crippen LogP contribution in [0, 0.1) is 17.8 Å². The van der Waals surface area contributed by atoms with Crippen molar-refractivity contribution >= 4 is 0 Å². The minimum Gasteiger partial charge on any atom is -0.508 e. The maximum atomic E-state index is 9.35. The molecule has 2 N–H and O–H groups in total. The molecule has 0 aromatic heterocycles. The van der Waals surface area contributed by atoms with Crippen LogP contribution in [0.5, 0.6) is 5.75 Å². The first kappa shape index (κ1) is 16.0. The maximum Gasteiger partial charge on any atom is 0.115 e. The Hall–Kier alpha value is -1.02. The zero-order valence-electron chi connectivity index (χ0n) is 13.0. The number of phenolic OH excluding ortho intramolecular Hbond substituents is 1. The summed E-state index contributed by atoms with van der Waals surface area (Å²) < 4.78 is 0. The second kappa shape index (κ2) is 7.54. The molecule has 1 aromatic carbocycles. The van der Waals surface area contributed by atoms with E-state index in [1.807, 2.05) is 12.1 Å². The van der Waals surface area contributed by atoms with Gasteiger partial charge in [0.2, 0.25) is 0 Å². The minimum atomic E-state index is 0.334. The third-order valence-electron chi connectivity index (χ3n) is 4.02. The van der Waals surface area contributed by atoms with Crippen LogP contribution in [0.3, 0.4) is 0 Å². The number of hydrogen-bond acceptors (Lipinski definition) is 2. The van der Waals surface area contributed by atoms with Gasteiger partial charge in [-0.05, 0) is 48.4 Å². The van der Waals surface area contributed by atoms with E-state index in [0.29, 0.717) is 29.5 Å². The lowest BCUT2D eigenvalue weighted by Gasteiger charge is -2.28. The highest BCUT2D eigenvalue weighted by molar-refractivity contribution is 5.27. The molecular weight excluding hydrogens is 234 g/mol. The van der Waals surface area contributed by atoms with Crippen LogP contribution in [-0.4, -0.2) is 11.7 Å². The average Bonchev–Trinajstić information content (AvgIpc) is 2.35. The molecule has 0 aliphatic carbocycles. The van der Waals surface area contributed by atoms with Crippen molar-refractivity contribution in [3.05, 3.63) is 29.8 Å². The molecule has 2 heteroatoms. The normalized spacial score (nSPS) is 13.5. The molecule has 108 valence electrons. The standard InChI is InChI=1S/C17H29NO/c1-6-17(14-7-9-15(19)10-8-14)18-11-16(12(2)3)13(4)5/h7-10,12-13,16-19H,6,11H2,1-5H3. The zero-order valence-corrected chi connectivity index (χ0v) is 13.0. The number of phenols is 1. The fraction of sp³-hybridized carbons (Fsp3) is 0.647. The number of nitrogens with one attached hydrogen (secondary N) is 1. The summed E-state index contributed by atoms with van der Waals surface area (Å²) in [6, 6.07) is 7.93. The lowest BCUT2D eigenvalue weighted by molar-refractivity contribution is 0.264. The molecule has 0 saturated heterocycles. The first-order valence-corrected chi connectivity index (χ1v) is 7.48. The third-order valence-corrected chi connectivity index (χ3v) is 4.02. The van der Waals surface area contributed by atoms with Crippen molar-refractivity contribution in [2.24, 2.45) is 17.8 Å². The molecule has 0 bridgehead atoms. The first-order valence-electron chi connectivity index (χ1n) is 7.48. The van der Waals surface area contributed by atoms with E-state index in [2.05, 4.69) is 39.9 Å². The fourth-order valence-corrected chi connectivity index (χ4v) is 2.72. The van der Waals surface area contributed by atoms with Gasteiger partial charge in [-0.1, -0.05) is 46.8 Å². The molecule has 0 aliphatic heterocycles. The minimum absolute atomic E-state index is 0.334. The molecule has 0 fully saturated rings. The van der Waals surface area contributed by atoms with Gasteiger partial charge < -0.3 is 10.4 Å². The molecule has 1 rings (SSSR count). The Morgan fingerprint density at radius 2 is 1.53 bits per heavy atom. The molecule has 0 heterocycles. The second-order valence-corrected chi connectivity index (χ2v) is 6.11. The molecule has 19 heavy (non-hydrogen) atoms. The average molecular weight is 263 g/mol. The Kier molecular flexibility index (Phi) is 6.36. The predicted octanol–water partition coefficient (Wildman–Crippen LogP) is 4.36. The van der Waals surface area contributed by atoms with Crippen LogP contribution in [0.2, 0.25) is 0 Å². The maximum absolute atomic E-state index is 9.35. The van der Waals surface area contributed by atoms with Crippen molar-refractivity contribution in [1.29, 1.82) is 0 Å². The topological polar surface area (TPSA) is 32.3 Å². The summed E-state index contributed by atoms with van der Waals surface area (Å²) in [5.74, 6) is 2.43. The Morgan fingerprint density at radius 3 is 1.95 bits per heavy atom. The Bertz CT molecular complexity index is 348. The van der Waals surface area contributed by atoms with Gasteiger partial charge in [-0.15, -0.1) is 0 Å². The molecule has 0 aliphatic rings. The van der Waals surface area contributed by atoms with E-state index in [1.54, 1.807) is 12.1 Å². The monoisotopic (exact) mass is 263 g/mol. The summed E-state index contributed by atoms with van der Waals surface area (Å²) >= 11 is 0. The Morgan fingerprint density at radius 1 is 1.00 bits per heavy atom. The summed E-state index contributed by atoms with van der Waals surface area (Å²) in [6.07, 6.45) is 1.06. The van der Waals surface area contributed by atoms with Crippen molar-refractivity contribution < 1.29 is 5.11 Å². The van der Waals surface area contributed by atoms with Crippen molar-refractivity contribution in [3.8, 4) is 5.75 Å². The van der Waals surface area contributed by atoms with Gasteiger partial charge in [-0.2, -0.15) is 0 Å². The molecule has 0 radical (unpaired) electrons. The highest BCUT2D eigenvalue weighted by atomic mass is 16.3. The van der Waals surface area contributed by atoms with Gasteiger partial charge in [0, 0.05) is 6.04 Å². The smallest absolute Gasteiger partial charge is 0.115 e. The van der Waals surface area contributed by atoms with Crippen molar-refractivity contribution in [1.82, 2.24) is 5.32 Å². The molecular formula is C17H29NO. The fourth-order valence-electron chi connectivity index (χ4n) is 2.72. The predicted molar refractivity (Wildman–Crippen MR) is 82.3 cm³/mol. The molecule has 2 nitrogen and oxygen atoms in total. The molecule has 1 unspecified atom stereocenters. The highest BCUT2D eigenvalue weighted by Gasteiger charge is 2.19. The van der Waals surface area contributed by atoms with E-state index in [1.165, 1.54) is 5.56 Å². The van der Waals surface area contributed by atoms with Gasteiger partial charge in [0.15, 0.2) is 0 Å². The number of hydrogen-bond donors (Lipinski definition) is 2. The van der Waals surface area contributed by atoms with Crippen LogP contribution < -0.4 is 5.32 Å². The van der Waals surface area contributed by atoms with Gasteiger partial charge in [0.1, 0.15) is 5.75 Å². The largest absolute Gasteiger partial charge is 0.508 e. The number of rotatable bonds is 7. The van der Waals surface area contributed by atoms with E-state index in [0.717, 1.165) is 13.0 Å². The first-order chi connectivity index (χ1) is 8.95.